The molecule has 1 nitrogen and oxygen atoms in total. The van der Waals surface area contributed by atoms with Gasteiger partial charge in [-0.3, -0.25) is 0 Å². The van der Waals surface area contributed by atoms with Crippen molar-refractivity contribution in [1.82, 2.24) is 0 Å². The van der Waals surface area contributed by atoms with Gasteiger partial charge in [-0.2, -0.15) is 0 Å². The molecule has 3 aromatic rings. The average Bonchev–Trinajstić information content (AvgIpc) is 2.55. The van der Waals surface area contributed by atoms with Gasteiger partial charge in [0.15, 0.2) is 0 Å². The zero-order chi connectivity index (χ0) is 15.1. The first kappa shape index (κ1) is 13.4. The summed E-state index contributed by atoms with van der Waals surface area (Å²) in [5.74, 6) is 0.901. The highest BCUT2D eigenvalue weighted by Gasteiger charge is 2.21. The molecule has 0 unspecified atom stereocenters. The van der Waals surface area contributed by atoms with Crippen molar-refractivity contribution in [3.8, 4) is 28.0 Å². The molecule has 0 saturated carbocycles. The van der Waals surface area contributed by atoms with Crippen LogP contribution in [0, 0.1) is 6.92 Å². The van der Waals surface area contributed by atoms with Gasteiger partial charge in [-0.15, -0.1) is 0 Å². The van der Waals surface area contributed by atoms with Crippen molar-refractivity contribution in [3.63, 3.8) is 0 Å². The van der Waals surface area contributed by atoms with E-state index in [-0.39, 0.29) is 0 Å². The second-order valence-corrected chi connectivity index (χ2v) is 5.99. The summed E-state index contributed by atoms with van der Waals surface area (Å²) < 4.78 is 5.81. The minimum absolute atomic E-state index is 0.570. The highest BCUT2D eigenvalue weighted by atomic mass is 35.5. The molecule has 0 radical (unpaired) electrons. The standard InChI is InChI=1S/C20H15ClO/c1-13-5-4-6-14(11-13)16-10-9-15-12-22-18-8-3-2-7-17(18)19(15)20(16)21/h2-11H,12H2,1H3. The number of fused-ring (bicyclic) bond motifs is 3. The predicted octanol–water partition coefficient (Wildman–Crippen LogP) is 5.87. The maximum Gasteiger partial charge on any atom is 0.127 e. The molecule has 22 heavy (non-hydrogen) atoms. The third-order valence-electron chi connectivity index (χ3n) is 4.10. The zero-order valence-corrected chi connectivity index (χ0v) is 13.0. The molecule has 0 aromatic heterocycles. The lowest BCUT2D eigenvalue weighted by molar-refractivity contribution is 0.302. The number of ether oxygens (including phenoxy) is 1. The summed E-state index contributed by atoms with van der Waals surface area (Å²) in [7, 11) is 0. The number of halogens is 1. The van der Waals surface area contributed by atoms with Gasteiger partial charge in [0.05, 0.1) is 5.02 Å². The molecule has 0 saturated heterocycles. The molecule has 0 spiro atoms. The number of aryl methyl sites for hydroxylation is 1. The summed E-state index contributed by atoms with van der Waals surface area (Å²) in [5.41, 5.74) is 6.76. The molecule has 1 heterocycles. The predicted molar refractivity (Wildman–Crippen MR) is 91.4 cm³/mol. The van der Waals surface area contributed by atoms with Crippen LogP contribution in [0.5, 0.6) is 5.75 Å². The second-order valence-electron chi connectivity index (χ2n) is 5.62. The molecular formula is C20H15ClO. The Morgan fingerprint density at radius 2 is 1.77 bits per heavy atom. The fourth-order valence-corrected chi connectivity index (χ4v) is 3.41. The van der Waals surface area contributed by atoms with Crippen LogP contribution in [-0.2, 0) is 6.61 Å². The summed E-state index contributed by atoms with van der Waals surface area (Å²) >= 11 is 6.79. The molecule has 3 aromatic carbocycles. The third kappa shape index (κ3) is 2.10. The minimum atomic E-state index is 0.570. The molecule has 1 aliphatic rings. The third-order valence-corrected chi connectivity index (χ3v) is 4.49. The molecule has 4 rings (SSSR count). The summed E-state index contributed by atoms with van der Waals surface area (Å²) in [5, 5.41) is 0.804. The Morgan fingerprint density at radius 3 is 2.64 bits per heavy atom. The van der Waals surface area contributed by atoms with E-state index >= 15 is 0 Å². The van der Waals surface area contributed by atoms with E-state index in [1.807, 2.05) is 18.2 Å². The number of para-hydroxylation sites is 1. The van der Waals surface area contributed by atoms with Crippen molar-refractivity contribution < 1.29 is 4.74 Å². The maximum absolute atomic E-state index is 6.79. The van der Waals surface area contributed by atoms with Crippen LogP contribution >= 0.6 is 11.6 Å². The van der Waals surface area contributed by atoms with Crippen molar-refractivity contribution in [3.05, 3.63) is 76.8 Å². The van der Waals surface area contributed by atoms with E-state index in [0.717, 1.165) is 38.6 Å². The smallest absolute Gasteiger partial charge is 0.127 e. The van der Waals surface area contributed by atoms with E-state index in [1.54, 1.807) is 0 Å². The van der Waals surface area contributed by atoms with Crippen LogP contribution in [-0.4, -0.2) is 0 Å². The number of rotatable bonds is 1. The van der Waals surface area contributed by atoms with E-state index in [1.165, 1.54) is 5.56 Å². The van der Waals surface area contributed by atoms with E-state index in [2.05, 4.69) is 49.4 Å². The van der Waals surface area contributed by atoms with E-state index in [0.29, 0.717) is 6.61 Å². The first-order chi connectivity index (χ1) is 10.7. The zero-order valence-electron chi connectivity index (χ0n) is 12.3. The lowest BCUT2D eigenvalue weighted by Crippen LogP contribution is -2.06. The Labute approximate surface area is 135 Å². The van der Waals surface area contributed by atoms with Gasteiger partial charge in [-0.1, -0.05) is 71.8 Å². The molecule has 0 fully saturated rings. The van der Waals surface area contributed by atoms with Gasteiger partial charge in [0.25, 0.3) is 0 Å². The molecule has 2 heteroatoms. The molecule has 0 amide bonds. The van der Waals surface area contributed by atoms with Crippen LogP contribution in [0.25, 0.3) is 22.3 Å². The summed E-state index contributed by atoms with van der Waals surface area (Å²) in [4.78, 5) is 0. The highest BCUT2D eigenvalue weighted by molar-refractivity contribution is 6.36. The van der Waals surface area contributed by atoms with Crippen molar-refractivity contribution in [2.45, 2.75) is 13.5 Å². The highest BCUT2D eigenvalue weighted by Crippen LogP contribution is 2.45. The van der Waals surface area contributed by atoms with E-state index in [4.69, 9.17) is 16.3 Å². The van der Waals surface area contributed by atoms with Gasteiger partial charge in [0.2, 0.25) is 0 Å². The quantitative estimate of drug-likeness (QED) is 0.546. The molecule has 108 valence electrons. The maximum atomic E-state index is 6.79. The van der Waals surface area contributed by atoms with Crippen LogP contribution in [0.2, 0.25) is 5.02 Å². The van der Waals surface area contributed by atoms with Gasteiger partial charge in [0.1, 0.15) is 12.4 Å². The summed E-state index contributed by atoms with van der Waals surface area (Å²) in [6.07, 6.45) is 0. The van der Waals surface area contributed by atoms with Crippen LogP contribution in [0.3, 0.4) is 0 Å². The SMILES string of the molecule is Cc1cccc(-c2ccc3c(c2Cl)-c2ccccc2OC3)c1. The fraction of sp³-hybridized carbons (Fsp3) is 0.100. The lowest BCUT2D eigenvalue weighted by Gasteiger charge is -2.23. The normalized spacial score (nSPS) is 12.3. The van der Waals surface area contributed by atoms with Crippen molar-refractivity contribution >= 4 is 11.6 Å². The first-order valence-electron chi connectivity index (χ1n) is 7.34. The van der Waals surface area contributed by atoms with Crippen molar-refractivity contribution in [2.75, 3.05) is 0 Å². The molecular weight excluding hydrogens is 292 g/mol. The van der Waals surface area contributed by atoms with Gasteiger partial charge in [-0.25, -0.2) is 0 Å². The molecule has 0 N–H and O–H groups in total. The van der Waals surface area contributed by atoms with Gasteiger partial charge in [0, 0.05) is 16.7 Å². The number of hydrogen-bond donors (Lipinski definition) is 0. The minimum Gasteiger partial charge on any atom is -0.488 e. The Hall–Kier alpha value is -2.25. The largest absolute Gasteiger partial charge is 0.488 e. The Balaban J connectivity index is 1.96. The van der Waals surface area contributed by atoms with E-state index < -0.39 is 0 Å². The van der Waals surface area contributed by atoms with Crippen LogP contribution in [0.4, 0.5) is 0 Å². The van der Waals surface area contributed by atoms with Crippen molar-refractivity contribution in [2.24, 2.45) is 0 Å². The van der Waals surface area contributed by atoms with Crippen LogP contribution in [0.1, 0.15) is 11.1 Å². The van der Waals surface area contributed by atoms with Crippen LogP contribution in [0.15, 0.2) is 60.7 Å². The molecule has 0 atom stereocenters. The molecule has 0 aliphatic carbocycles. The summed E-state index contributed by atoms with van der Waals surface area (Å²) in [6, 6.07) is 20.7. The molecule has 1 aliphatic heterocycles. The monoisotopic (exact) mass is 306 g/mol. The Kier molecular flexibility index (Phi) is 3.16. The van der Waals surface area contributed by atoms with Crippen molar-refractivity contribution in [1.29, 1.82) is 0 Å². The summed E-state index contributed by atoms with van der Waals surface area (Å²) in [6.45, 7) is 2.67. The Bertz CT molecular complexity index is 867. The Morgan fingerprint density at radius 1 is 0.909 bits per heavy atom. The topological polar surface area (TPSA) is 9.23 Å². The van der Waals surface area contributed by atoms with Crippen LogP contribution < -0.4 is 4.74 Å². The lowest BCUT2D eigenvalue weighted by atomic mass is 9.92. The van der Waals surface area contributed by atoms with Gasteiger partial charge < -0.3 is 4.74 Å². The van der Waals surface area contributed by atoms with Gasteiger partial charge in [-0.05, 0) is 24.1 Å². The van der Waals surface area contributed by atoms with Gasteiger partial charge >= 0.3 is 0 Å². The second kappa shape index (κ2) is 5.19. The average molecular weight is 307 g/mol. The molecule has 0 bridgehead atoms. The number of hydrogen-bond acceptors (Lipinski definition) is 1. The van der Waals surface area contributed by atoms with E-state index in [9.17, 15) is 0 Å². The fourth-order valence-electron chi connectivity index (χ4n) is 3.02. The number of benzene rings is 3. The first-order valence-corrected chi connectivity index (χ1v) is 7.72.